The molecule has 0 fully saturated rings. The average molecular weight is 337 g/mol. The van der Waals surface area contributed by atoms with Gasteiger partial charge in [0.1, 0.15) is 17.4 Å². The first-order chi connectivity index (χ1) is 12.1. The summed E-state index contributed by atoms with van der Waals surface area (Å²) in [5, 5.41) is 15.0. The number of nitro groups is 1. The molecule has 3 aromatic rings. The number of hydrogen-bond acceptors (Lipinski definition) is 6. The minimum atomic E-state index is -0.756. The first-order valence-corrected chi connectivity index (χ1v) is 7.15. The van der Waals surface area contributed by atoms with Crippen molar-refractivity contribution in [2.24, 2.45) is 5.10 Å². The molecule has 25 heavy (non-hydrogen) atoms. The number of amides is 1. The van der Waals surface area contributed by atoms with Gasteiger partial charge in [-0.15, -0.1) is 0 Å². The van der Waals surface area contributed by atoms with Crippen molar-refractivity contribution < 1.29 is 14.1 Å². The van der Waals surface area contributed by atoms with Crippen molar-refractivity contribution in [2.45, 2.75) is 0 Å². The maximum absolute atomic E-state index is 12.3. The quantitative estimate of drug-likeness (QED) is 0.446. The maximum atomic E-state index is 12.3. The molecule has 1 amide bonds. The third kappa shape index (κ3) is 3.27. The Morgan fingerprint density at radius 2 is 1.88 bits per heavy atom. The van der Waals surface area contributed by atoms with Crippen LogP contribution in [0.5, 0.6) is 0 Å². The summed E-state index contributed by atoms with van der Waals surface area (Å²) < 4.78 is 5.32. The Balaban J connectivity index is 1.82. The number of hydrogen-bond donors (Lipinski definition) is 1. The standard InChI is InChI=1S/C17H11N3O5/c21-16-11(10-25-15-8-4-2-6-13(15)16)9-18-19-17(22)12-5-1-3-7-14(12)20(23)24/h1-10H,(H,19,22). The van der Waals surface area contributed by atoms with Crippen LogP contribution >= 0.6 is 0 Å². The molecule has 0 spiro atoms. The Morgan fingerprint density at radius 3 is 2.68 bits per heavy atom. The second kappa shape index (κ2) is 6.75. The van der Waals surface area contributed by atoms with Gasteiger partial charge in [-0.2, -0.15) is 5.10 Å². The third-order valence-corrected chi connectivity index (χ3v) is 3.42. The van der Waals surface area contributed by atoms with E-state index in [-0.39, 0.29) is 22.2 Å². The fourth-order valence-corrected chi connectivity index (χ4v) is 2.23. The lowest BCUT2D eigenvalue weighted by atomic mass is 10.2. The molecule has 0 bridgehead atoms. The minimum Gasteiger partial charge on any atom is -0.463 e. The van der Waals surface area contributed by atoms with Crippen LogP contribution in [-0.4, -0.2) is 17.0 Å². The molecule has 8 heteroatoms. The molecule has 0 saturated carbocycles. The first-order valence-electron chi connectivity index (χ1n) is 7.15. The molecular weight excluding hydrogens is 326 g/mol. The number of nitrogens with one attached hydrogen (secondary N) is 1. The predicted octanol–water partition coefficient (Wildman–Crippen LogP) is 2.47. The van der Waals surface area contributed by atoms with Crippen LogP contribution in [0.15, 0.2) is 69.1 Å². The number of rotatable bonds is 4. The van der Waals surface area contributed by atoms with E-state index in [0.29, 0.717) is 11.0 Å². The lowest BCUT2D eigenvalue weighted by Gasteiger charge is -2.01. The van der Waals surface area contributed by atoms with Gasteiger partial charge in [-0.1, -0.05) is 24.3 Å². The molecule has 124 valence electrons. The van der Waals surface area contributed by atoms with Gasteiger partial charge >= 0.3 is 0 Å². The molecule has 0 aliphatic heterocycles. The van der Waals surface area contributed by atoms with Crippen molar-refractivity contribution in [1.29, 1.82) is 0 Å². The largest absolute Gasteiger partial charge is 0.463 e. The highest BCUT2D eigenvalue weighted by molar-refractivity contribution is 5.98. The molecule has 0 aliphatic rings. The van der Waals surface area contributed by atoms with Crippen molar-refractivity contribution in [3.05, 3.63) is 86.3 Å². The summed E-state index contributed by atoms with van der Waals surface area (Å²) in [6.07, 6.45) is 2.36. The van der Waals surface area contributed by atoms with Gasteiger partial charge < -0.3 is 4.42 Å². The Kier molecular flexibility index (Phi) is 4.34. The second-order valence-corrected chi connectivity index (χ2v) is 4.99. The SMILES string of the molecule is O=C(NN=Cc1coc2ccccc2c1=O)c1ccccc1[N+](=O)[O-]. The van der Waals surface area contributed by atoms with E-state index in [4.69, 9.17) is 4.42 Å². The molecule has 1 N–H and O–H groups in total. The van der Waals surface area contributed by atoms with Gasteiger partial charge in [0.05, 0.1) is 22.1 Å². The van der Waals surface area contributed by atoms with Crippen LogP contribution in [0.4, 0.5) is 5.69 Å². The number of benzene rings is 2. The molecule has 1 aromatic heterocycles. The molecule has 0 unspecified atom stereocenters. The Labute approximate surface area is 140 Å². The van der Waals surface area contributed by atoms with E-state index in [1.54, 1.807) is 24.3 Å². The number of carbonyl (C=O) groups excluding carboxylic acids is 1. The molecule has 3 rings (SSSR count). The summed E-state index contributed by atoms with van der Waals surface area (Å²) in [6, 6.07) is 12.2. The second-order valence-electron chi connectivity index (χ2n) is 4.99. The zero-order chi connectivity index (χ0) is 17.8. The van der Waals surface area contributed by atoms with Gasteiger partial charge in [0.2, 0.25) is 5.43 Å². The van der Waals surface area contributed by atoms with Gasteiger partial charge in [-0.05, 0) is 18.2 Å². The number of para-hydroxylation sites is 2. The molecule has 0 radical (unpaired) electrons. The Morgan fingerprint density at radius 1 is 1.16 bits per heavy atom. The fraction of sp³-hybridized carbons (Fsp3) is 0. The van der Waals surface area contributed by atoms with E-state index < -0.39 is 10.8 Å². The van der Waals surface area contributed by atoms with Crippen molar-refractivity contribution >= 4 is 28.8 Å². The van der Waals surface area contributed by atoms with E-state index in [0.717, 1.165) is 6.21 Å². The van der Waals surface area contributed by atoms with Crippen LogP contribution in [-0.2, 0) is 0 Å². The fourth-order valence-electron chi connectivity index (χ4n) is 2.23. The monoisotopic (exact) mass is 337 g/mol. The van der Waals surface area contributed by atoms with Crippen LogP contribution in [0.1, 0.15) is 15.9 Å². The topological polar surface area (TPSA) is 115 Å². The molecule has 1 heterocycles. The third-order valence-electron chi connectivity index (χ3n) is 3.42. The number of fused-ring (bicyclic) bond motifs is 1. The Hall–Kier alpha value is -3.81. The lowest BCUT2D eigenvalue weighted by molar-refractivity contribution is -0.385. The van der Waals surface area contributed by atoms with E-state index >= 15 is 0 Å². The van der Waals surface area contributed by atoms with E-state index in [9.17, 15) is 19.7 Å². The lowest BCUT2D eigenvalue weighted by Crippen LogP contribution is -2.19. The van der Waals surface area contributed by atoms with E-state index in [1.807, 2.05) is 0 Å². The summed E-state index contributed by atoms with van der Waals surface area (Å²) in [5.41, 5.74) is 1.98. The van der Waals surface area contributed by atoms with Crippen LogP contribution < -0.4 is 10.9 Å². The summed E-state index contributed by atoms with van der Waals surface area (Å²) >= 11 is 0. The van der Waals surface area contributed by atoms with Gasteiger partial charge in [0, 0.05) is 6.07 Å². The highest BCUT2D eigenvalue weighted by Crippen LogP contribution is 2.17. The van der Waals surface area contributed by atoms with Gasteiger partial charge in [0.15, 0.2) is 0 Å². The van der Waals surface area contributed by atoms with Gasteiger partial charge in [-0.3, -0.25) is 19.7 Å². The van der Waals surface area contributed by atoms with Gasteiger partial charge in [0.25, 0.3) is 11.6 Å². The zero-order valence-electron chi connectivity index (χ0n) is 12.7. The molecule has 2 aromatic carbocycles. The number of hydrazone groups is 1. The molecule has 8 nitrogen and oxygen atoms in total. The summed E-state index contributed by atoms with van der Waals surface area (Å²) in [5.74, 6) is -0.756. The first kappa shape index (κ1) is 16.1. The van der Waals surface area contributed by atoms with Crippen molar-refractivity contribution in [3.63, 3.8) is 0 Å². The van der Waals surface area contributed by atoms with Gasteiger partial charge in [-0.25, -0.2) is 5.43 Å². The summed E-state index contributed by atoms with van der Waals surface area (Å²) in [6.45, 7) is 0. The highest BCUT2D eigenvalue weighted by Gasteiger charge is 2.18. The average Bonchev–Trinajstić information content (AvgIpc) is 2.63. The van der Waals surface area contributed by atoms with Crippen molar-refractivity contribution in [3.8, 4) is 0 Å². The maximum Gasteiger partial charge on any atom is 0.282 e. The predicted molar refractivity (Wildman–Crippen MR) is 90.6 cm³/mol. The van der Waals surface area contributed by atoms with Crippen LogP contribution in [0.25, 0.3) is 11.0 Å². The number of nitrogens with zero attached hydrogens (tertiary/aromatic N) is 2. The van der Waals surface area contributed by atoms with E-state index in [1.165, 1.54) is 30.5 Å². The smallest absolute Gasteiger partial charge is 0.282 e. The van der Waals surface area contributed by atoms with E-state index in [2.05, 4.69) is 10.5 Å². The Bertz CT molecular complexity index is 1060. The van der Waals surface area contributed by atoms with Crippen LogP contribution in [0.3, 0.4) is 0 Å². The number of carbonyl (C=O) groups is 1. The normalized spacial score (nSPS) is 10.9. The number of nitro benzene ring substituents is 1. The molecule has 0 atom stereocenters. The molecular formula is C17H11N3O5. The van der Waals surface area contributed by atoms with Crippen LogP contribution in [0.2, 0.25) is 0 Å². The summed E-state index contributed by atoms with van der Waals surface area (Å²) in [7, 11) is 0. The zero-order valence-corrected chi connectivity index (χ0v) is 12.7. The van der Waals surface area contributed by atoms with Crippen LogP contribution in [0, 0.1) is 10.1 Å². The molecule has 0 saturated heterocycles. The summed E-state index contributed by atoms with van der Waals surface area (Å²) in [4.78, 5) is 34.6. The van der Waals surface area contributed by atoms with Crippen molar-refractivity contribution in [2.75, 3.05) is 0 Å². The van der Waals surface area contributed by atoms with Crippen molar-refractivity contribution in [1.82, 2.24) is 5.43 Å². The molecule has 0 aliphatic carbocycles. The minimum absolute atomic E-state index is 0.129. The highest BCUT2D eigenvalue weighted by atomic mass is 16.6.